The molecule has 0 saturated carbocycles. The molecule has 1 saturated heterocycles. The van der Waals surface area contributed by atoms with Crippen LogP contribution in [0.3, 0.4) is 0 Å². The summed E-state index contributed by atoms with van der Waals surface area (Å²) in [6.07, 6.45) is 4.20. The lowest BCUT2D eigenvalue weighted by atomic mass is 10.0. The molecule has 2 nitrogen and oxygen atoms in total. The number of hydrogen-bond acceptors (Lipinski definition) is 3. The maximum Gasteiger partial charge on any atom is 0.416 e. The van der Waals surface area contributed by atoms with Crippen molar-refractivity contribution in [2.24, 2.45) is 5.92 Å². The molecular weight excluding hydrogens is 377 g/mol. The molecule has 0 atom stereocenters. The first kappa shape index (κ1) is 19.7. The fourth-order valence-corrected chi connectivity index (χ4v) is 6.73. The molecular formula is C19H23F3N2S2. The highest BCUT2D eigenvalue weighted by molar-refractivity contribution is 8.18. The van der Waals surface area contributed by atoms with Crippen LogP contribution in [0.4, 0.5) is 13.2 Å². The number of imidazole rings is 1. The summed E-state index contributed by atoms with van der Waals surface area (Å²) in [6, 6.07) is 5.67. The number of halogens is 3. The zero-order valence-electron chi connectivity index (χ0n) is 14.7. The lowest BCUT2D eigenvalue weighted by molar-refractivity contribution is -0.137. The average molecular weight is 401 g/mol. The van der Waals surface area contributed by atoms with E-state index in [0.29, 0.717) is 0 Å². The van der Waals surface area contributed by atoms with Gasteiger partial charge in [0.2, 0.25) is 0 Å². The van der Waals surface area contributed by atoms with E-state index in [1.54, 1.807) is 18.3 Å². The van der Waals surface area contributed by atoms with Gasteiger partial charge in [-0.25, -0.2) is 4.98 Å². The molecule has 1 aliphatic heterocycles. The van der Waals surface area contributed by atoms with E-state index in [9.17, 15) is 13.2 Å². The summed E-state index contributed by atoms with van der Waals surface area (Å²) in [4.78, 5) is 4.09. The van der Waals surface area contributed by atoms with Crippen LogP contribution in [0.1, 0.15) is 30.9 Å². The first-order valence-corrected chi connectivity index (χ1v) is 10.8. The minimum atomic E-state index is -4.28. The highest BCUT2D eigenvalue weighted by Gasteiger charge is 2.37. The van der Waals surface area contributed by atoms with Crippen LogP contribution in [0.15, 0.2) is 43.0 Å². The number of nitrogens with zero attached hydrogens (tertiary/aromatic N) is 2. The predicted octanol–water partition coefficient (Wildman–Crippen LogP) is 5.74. The van der Waals surface area contributed by atoms with Gasteiger partial charge in [0.05, 0.1) is 16.0 Å². The van der Waals surface area contributed by atoms with Gasteiger partial charge in [0.1, 0.15) is 0 Å². The monoisotopic (exact) mass is 400 g/mol. The summed E-state index contributed by atoms with van der Waals surface area (Å²) in [5.41, 5.74) is 0.391. The van der Waals surface area contributed by atoms with Crippen LogP contribution in [-0.4, -0.2) is 25.1 Å². The van der Waals surface area contributed by atoms with Gasteiger partial charge in [0, 0.05) is 18.9 Å². The van der Waals surface area contributed by atoms with E-state index in [4.69, 9.17) is 0 Å². The lowest BCUT2D eigenvalue weighted by Gasteiger charge is -2.39. The minimum Gasteiger partial charge on any atom is -0.337 e. The third-order valence-electron chi connectivity index (χ3n) is 4.81. The van der Waals surface area contributed by atoms with Crippen molar-refractivity contribution in [1.29, 1.82) is 0 Å². The van der Waals surface area contributed by atoms with Crippen LogP contribution >= 0.6 is 23.5 Å². The van der Waals surface area contributed by atoms with Gasteiger partial charge in [-0.05, 0) is 48.0 Å². The molecule has 0 radical (unpaired) electrons. The number of hydrogen-bond donors (Lipinski definition) is 0. The van der Waals surface area contributed by atoms with E-state index in [1.807, 2.05) is 36.0 Å². The average Bonchev–Trinajstić information content (AvgIpc) is 3.14. The molecule has 0 aliphatic carbocycles. The second kappa shape index (κ2) is 8.30. The second-order valence-corrected chi connectivity index (χ2v) is 9.79. The topological polar surface area (TPSA) is 17.8 Å². The molecule has 0 spiro atoms. The van der Waals surface area contributed by atoms with Gasteiger partial charge in [-0.2, -0.15) is 13.2 Å². The molecule has 1 aromatic carbocycles. The summed E-state index contributed by atoms with van der Waals surface area (Å²) in [6.45, 7) is 3.09. The normalized spacial score (nSPS) is 23.9. The molecule has 0 N–H and O–H groups in total. The number of aromatic nitrogens is 2. The van der Waals surface area contributed by atoms with Crippen LogP contribution in [0, 0.1) is 5.92 Å². The molecule has 3 rings (SSSR count). The maximum absolute atomic E-state index is 12.8. The third-order valence-corrected chi connectivity index (χ3v) is 8.54. The van der Waals surface area contributed by atoms with Gasteiger partial charge in [0.25, 0.3) is 0 Å². The van der Waals surface area contributed by atoms with Gasteiger partial charge in [0.15, 0.2) is 0 Å². The Kier molecular flexibility index (Phi) is 6.28. The number of thioether (sulfide) groups is 2. The SMILES string of the molecule is CCC1CSC(CCn2ccnc2)(Cc2ccc(C(F)(F)F)cc2)SC1. The Morgan fingerprint density at radius 3 is 2.42 bits per heavy atom. The molecule has 1 aromatic heterocycles. The Bertz CT molecular complexity index is 676. The van der Waals surface area contributed by atoms with Crippen molar-refractivity contribution >= 4 is 23.5 Å². The lowest BCUT2D eigenvalue weighted by Crippen LogP contribution is -2.32. The van der Waals surface area contributed by atoms with Crippen LogP contribution in [0.25, 0.3) is 0 Å². The second-order valence-electron chi connectivity index (χ2n) is 6.73. The summed E-state index contributed by atoms with van der Waals surface area (Å²) < 4.78 is 40.5. The van der Waals surface area contributed by atoms with E-state index in [1.165, 1.54) is 18.6 Å². The number of benzene rings is 1. The van der Waals surface area contributed by atoms with E-state index in [0.717, 1.165) is 42.4 Å². The van der Waals surface area contributed by atoms with Crippen LogP contribution in [-0.2, 0) is 19.1 Å². The van der Waals surface area contributed by atoms with Gasteiger partial charge < -0.3 is 4.57 Å². The molecule has 2 aromatic rings. The van der Waals surface area contributed by atoms with Crippen molar-refractivity contribution in [3.63, 3.8) is 0 Å². The van der Waals surface area contributed by atoms with Crippen molar-refractivity contribution in [2.45, 2.75) is 43.0 Å². The Labute approximate surface area is 161 Å². The first-order chi connectivity index (χ1) is 12.4. The van der Waals surface area contributed by atoms with Crippen molar-refractivity contribution in [3.05, 3.63) is 54.1 Å². The summed E-state index contributed by atoms with van der Waals surface area (Å²) in [5, 5.41) is 0. The number of alkyl halides is 3. The largest absolute Gasteiger partial charge is 0.416 e. The third kappa shape index (κ3) is 5.00. The Morgan fingerprint density at radius 1 is 1.19 bits per heavy atom. The summed E-state index contributed by atoms with van der Waals surface area (Å²) in [5.74, 6) is 2.96. The standard InChI is InChI=1S/C19H23F3N2S2/c1-2-15-12-25-18(26-13-15,7-9-24-10-8-23-14-24)11-16-3-5-17(6-4-16)19(20,21)22/h3-6,8,10,14-15H,2,7,9,11-13H2,1H3. The van der Waals surface area contributed by atoms with Gasteiger partial charge in [-0.1, -0.05) is 25.5 Å². The van der Waals surface area contributed by atoms with E-state index in [2.05, 4.69) is 16.5 Å². The summed E-state index contributed by atoms with van der Waals surface area (Å²) >= 11 is 3.95. The van der Waals surface area contributed by atoms with Gasteiger partial charge in [-0.3, -0.25) is 0 Å². The molecule has 2 heterocycles. The van der Waals surface area contributed by atoms with Crippen LogP contribution in [0.5, 0.6) is 0 Å². The Morgan fingerprint density at radius 2 is 1.88 bits per heavy atom. The van der Waals surface area contributed by atoms with Crippen molar-refractivity contribution in [1.82, 2.24) is 9.55 Å². The molecule has 0 unspecified atom stereocenters. The molecule has 0 bridgehead atoms. The van der Waals surface area contributed by atoms with Crippen molar-refractivity contribution in [2.75, 3.05) is 11.5 Å². The van der Waals surface area contributed by atoms with Gasteiger partial charge in [-0.15, -0.1) is 23.5 Å². The minimum absolute atomic E-state index is 0.00961. The predicted molar refractivity (Wildman–Crippen MR) is 103 cm³/mol. The first-order valence-electron chi connectivity index (χ1n) is 8.80. The Balaban J connectivity index is 1.72. The van der Waals surface area contributed by atoms with Gasteiger partial charge >= 0.3 is 6.18 Å². The van der Waals surface area contributed by atoms with Crippen LogP contribution < -0.4 is 0 Å². The number of aryl methyl sites for hydroxylation is 1. The molecule has 142 valence electrons. The van der Waals surface area contributed by atoms with E-state index < -0.39 is 11.7 Å². The van der Waals surface area contributed by atoms with E-state index in [-0.39, 0.29) is 4.08 Å². The van der Waals surface area contributed by atoms with Crippen molar-refractivity contribution < 1.29 is 13.2 Å². The highest BCUT2D eigenvalue weighted by Crippen LogP contribution is 2.49. The zero-order chi connectivity index (χ0) is 18.6. The molecule has 0 amide bonds. The fourth-order valence-electron chi connectivity index (χ4n) is 3.04. The van der Waals surface area contributed by atoms with Crippen LogP contribution in [0.2, 0.25) is 0 Å². The quantitative estimate of drug-likeness (QED) is 0.616. The Hall–Kier alpha value is -1.08. The molecule has 1 fully saturated rings. The maximum atomic E-state index is 12.8. The molecule has 7 heteroatoms. The highest BCUT2D eigenvalue weighted by atomic mass is 32.2. The number of rotatable bonds is 6. The summed E-state index contributed by atoms with van der Waals surface area (Å²) in [7, 11) is 0. The smallest absolute Gasteiger partial charge is 0.337 e. The van der Waals surface area contributed by atoms with E-state index >= 15 is 0 Å². The molecule has 1 aliphatic rings. The van der Waals surface area contributed by atoms with Crippen molar-refractivity contribution in [3.8, 4) is 0 Å². The fraction of sp³-hybridized carbons (Fsp3) is 0.526. The zero-order valence-corrected chi connectivity index (χ0v) is 16.3. The molecule has 26 heavy (non-hydrogen) atoms.